The van der Waals surface area contributed by atoms with Crippen LogP contribution in [0.2, 0.25) is 0 Å². The summed E-state index contributed by atoms with van der Waals surface area (Å²) in [6.07, 6.45) is 2.69. The highest BCUT2D eigenvalue weighted by atomic mass is 16.3. The number of rotatable bonds is 5. The van der Waals surface area contributed by atoms with Crippen LogP contribution in [0, 0.1) is 5.92 Å². The van der Waals surface area contributed by atoms with Crippen LogP contribution >= 0.6 is 0 Å². The molecule has 1 unspecified atom stereocenters. The van der Waals surface area contributed by atoms with Gasteiger partial charge in [-0.25, -0.2) is 0 Å². The highest BCUT2D eigenvalue weighted by molar-refractivity contribution is 6.06. The van der Waals surface area contributed by atoms with Crippen LogP contribution in [0.5, 0.6) is 0 Å². The quantitative estimate of drug-likeness (QED) is 0.907. The zero-order valence-electron chi connectivity index (χ0n) is 15.7. The smallest absolute Gasteiger partial charge is 0.254 e. The van der Waals surface area contributed by atoms with E-state index in [0.29, 0.717) is 32.0 Å². The molecule has 1 aromatic carbocycles. The topological polar surface area (TPSA) is 48.7 Å². The number of β-amino-alcohol motifs (C(OH)–C–C–N with tert-alkyl or cyclic N) is 1. The molecule has 0 bridgehead atoms. The number of nitrogens with zero attached hydrogens (tertiary/aromatic N) is 3. The molecule has 1 aromatic heterocycles. The number of carbonyl (C=O) groups is 1. The van der Waals surface area contributed by atoms with Crippen molar-refractivity contribution in [1.29, 1.82) is 0 Å². The maximum Gasteiger partial charge on any atom is 0.254 e. The second kappa shape index (κ2) is 6.81. The van der Waals surface area contributed by atoms with Crippen molar-refractivity contribution in [2.75, 3.05) is 33.7 Å². The fourth-order valence-corrected chi connectivity index (χ4v) is 3.88. The molecular formula is C20H29N3O2. The van der Waals surface area contributed by atoms with Crippen molar-refractivity contribution in [2.45, 2.75) is 32.4 Å². The molecule has 25 heavy (non-hydrogen) atoms. The van der Waals surface area contributed by atoms with Crippen LogP contribution in [0.25, 0.3) is 10.9 Å². The maximum atomic E-state index is 13.1. The molecule has 1 aliphatic rings. The number of amides is 1. The first-order chi connectivity index (χ1) is 11.8. The van der Waals surface area contributed by atoms with E-state index in [0.717, 1.165) is 23.0 Å². The molecule has 5 heteroatoms. The van der Waals surface area contributed by atoms with Crippen LogP contribution in [0.3, 0.4) is 0 Å². The molecule has 0 saturated carbocycles. The Bertz CT molecular complexity index is 765. The minimum atomic E-state index is -0.809. The number of likely N-dealkylation sites (tertiary alicyclic amines) is 1. The summed E-state index contributed by atoms with van der Waals surface area (Å²) < 4.78 is 2.21. The van der Waals surface area contributed by atoms with Crippen LogP contribution < -0.4 is 0 Å². The number of likely N-dealkylation sites (N-methyl/N-ethyl adjacent to an activating group) is 1. The molecule has 5 nitrogen and oxygen atoms in total. The van der Waals surface area contributed by atoms with E-state index in [2.05, 4.69) is 30.7 Å². The van der Waals surface area contributed by atoms with Crippen LogP contribution in [0.15, 0.2) is 30.5 Å². The SMILES string of the molecule is CC(C)Cn1ccc2c(C(=O)N3CCC(O)(CN(C)C)C3)cccc21. The van der Waals surface area contributed by atoms with Gasteiger partial charge in [0.15, 0.2) is 0 Å². The van der Waals surface area contributed by atoms with Gasteiger partial charge in [0.1, 0.15) is 0 Å². The summed E-state index contributed by atoms with van der Waals surface area (Å²) in [4.78, 5) is 16.8. The highest BCUT2D eigenvalue weighted by Crippen LogP contribution is 2.27. The van der Waals surface area contributed by atoms with Gasteiger partial charge in [0.2, 0.25) is 0 Å². The number of benzene rings is 1. The van der Waals surface area contributed by atoms with Crippen molar-refractivity contribution in [3.05, 3.63) is 36.0 Å². The van der Waals surface area contributed by atoms with Gasteiger partial charge in [-0.05, 0) is 44.6 Å². The van der Waals surface area contributed by atoms with Gasteiger partial charge in [-0.15, -0.1) is 0 Å². The monoisotopic (exact) mass is 343 g/mol. The highest BCUT2D eigenvalue weighted by Gasteiger charge is 2.39. The van der Waals surface area contributed by atoms with Gasteiger partial charge in [0.05, 0.1) is 12.1 Å². The predicted octanol–water partition coefficient (Wildman–Crippen LogP) is 2.44. The molecule has 2 heterocycles. The summed E-state index contributed by atoms with van der Waals surface area (Å²) in [6.45, 7) is 6.89. The molecule has 0 spiro atoms. The van der Waals surface area contributed by atoms with E-state index in [-0.39, 0.29) is 5.91 Å². The fourth-order valence-electron chi connectivity index (χ4n) is 3.88. The van der Waals surface area contributed by atoms with Crippen LogP contribution in [0.1, 0.15) is 30.6 Å². The van der Waals surface area contributed by atoms with E-state index in [1.165, 1.54) is 0 Å². The second-order valence-electron chi connectivity index (χ2n) is 8.04. The first-order valence-electron chi connectivity index (χ1n) is 9.03. The first-order valence-corrected chi connectivity index (χ1v) is 9.03. The van der Waals surface area contributed by atoms with Crippen molar-refractivity contribution in [3.8, 4) is 0 Å². The normalized spacial score (nSPS) is 21.0. The van der Waals surface area contributed by atoms with E-state index in [1.807, 2.05) is 37.2 Å². The van der Waals surface area contributed by atoms with E-state index < -0.39 is 5.60 Å². The molecule has 1 atom stereocenters. The summed E-state index contributed by atoms with van der Waals surface area (Å²) in [5.41, 5.74) is 1.02. The first kappa shape index (κ1) is 18.0. The Kier molecular flexibility index (Phi) is 4.89. The number of hydrogen-bond donors (Lipinski definition) is 1. The number of aromatic nitrogens is 1. The Morgan fingerprint density at radius 1 is 1.32 bits per heavy atom. The predicted molar refractivity (Wildman–Crippen MR) is 101 cm³/mol. The molecule has 0 aliphatic carbocycles. The van der Waals surface area contributed by atoms with Crippen LogP contribution in [-0.2, 0) is 6.54 Å². The zero-order chi connectivity index (χ0) is 18.2. The lowest BCUT2D eigenvalue weighted by Crippen LogP contribution is -2.43. The maximum absolute atomic E-state index is 13.1. The Morgan fingerprint density at radius 2 is 2.08 bits per heavy atom. The number of carbonyl (C=O) groups excluding carboxylic acids is 1. The molecule has 1 saturated heterocycles. The molecule has 2 aromatic rings. The summed E-state index contributed by atoms with van der Waals surface area (Å²) >= 11 is 0. The van der Waals surface area contributed by atoms with E-state index in [4.69, 9.17) is 0 Å². The Hall–Kier alpha value is -1.85. The van der Waals surface area contributed by atoms with Crippen LogP contribution in [-0.4, -0.2) is 64.7 Å². The molecule has 0 radical (unpaired) electrons. The lowest BCUT2D eigenvalue weighted by Gasteiger charge is -2.26. The van der Waals surface area contributed by atoms with Crippen molar-refractivity contribution in [3.63, 3.8) is 0 Å². The molecule has 1 aliphatic heterocycles. The average Bonchev–Trinajstić information content (AvgIpc) is 3.09. The molecule has 136 valence electrons. The minimum Gasteiger partial charge on any atom is -0.387 e. The summed E-state index contributed by atoms with van der Waals surface area (Å²) in [5.74, 6) is 0.567. The van der Waals surface area contributed by atoms with E-state index >= 15 is 0 Å². The summed E-state index contributed by atoms with van der Waals surface area (Å²) in [7, 11) is 3.89. The van der Waals surface area contributed by atoms with Gasteiger partial charge in [-0.2, -0.15) is 0 Å². The minimum absolute atomic E-state index is 0.0163. The van der Waals surface area contributed by atoms with E-state index in [9.17, 15) is 9.90 Å². The van der Waals surface area contributed by atoms with Gasteiger partial charge in [0.25, 0.3) is 5.91 Å². The lowest BCUT2D eigenvalue weighted by atomic mass is 10.0. The van der Waals surface area contributed by atoms with Crippen molar-refractivity contribution < 1.29 is 9.90 Å². The fraction of sp³-hybridized carbons (Fsp3) is 0.550. The van der Waals surface area contributed by atoms with Gasteiger partial charge in [0, 0.05) is 42.3 Å². The van der Waals surface area contributed by atoms with Gasteiger partial charge < -0.3 is 19.5 Å². The van der Waals surface area contributed by atoms with Crippen molar-refractivity contribution >= 4 is 16.8 Å². The third kappa shape index (κ3) is 3.72. The standard InChI is InChI=1S/C20H29N3O2/c1-15(2)12-22-10-8-16-17(6-5-7-18(16)22)19(24)23-11-9-20(25,14-23)13-21(3)4/h5-8,10,15,25H,9,11-14H2,1-4H3. The molecular weight excluding hydrogens is 314 g/mol. The zero-order valence-corrected chi connectivity index (χ0v) is 15.7. The molecule has 1 amide bonds. The molecule has 1 N–H and O–H groups in total. The van der Waals surface area contributed by atoms with Gasteiger partial charge >= 0.3 is 0 Å². The molecule has 3 rings (SSSR count). The molecule has 1 fully saturated rings. The van der Waals surface area contributed by atoms with Gasteiger partial charge in [-0.1, -0.05) is 19.9 Å². The number of fused-ring (bicyclic) bond motifs is 1. The Labute approximate surface area is 149 Å². The Balaban J connectivity index is 1.85. The number of hydrogen-bond acceptors (Lipinski definition) is 3. The van der Waals surface area contributed by atoms with Gasteiger partial charge in [-0.3, -0.25) is 4.79 Å². The van der Waals surface area contributed by atoms with Crippen molar-refractivity contribution in [1.82, 2.24) is 14.4 Å². The van der Waals surface area contributed by atoms with Crippen LogP contribution in [0.4, 0.5) is 0 Å². The second-order valence-corrected chi connectivity index (χ2v) is 8.04. The lowest BCUT2D eigenvalue weighted by molar-refractivity contribution is 0.0236. The largest absolute Gasteiger partial charge is 0.387 e. The third-order valence-electron chi connectivity index (χ3n) is 4.84. The van der Waals surface area contributed by atoms with Crippen molar-refractivity contribution in [2.24, 2.45) is 5.92 Å². The third-order valence-corrected chi connectivity index (χ3v) is 4.84. The average molecular weight is 343 g/mol. The number of aliphatic hydroxyl groups is 1. The summed E-state index contributed by atoms with van der Waals surface area (Å²) in [5, 5.41) is 11.7. The van der Waals surface area contributed by atoms with E-state index in [1.54, 1.807) is 4.90 Å². The summed E-state index contributed by atoms with van der Waals surface area (Å²) in [6, 6.07) is 7.95. The Morgan fingerprint density at radius 3 is 2.76 bits per heavy atom.